The molecular formula is C10H9FIO-. The Balaban J connectivity index is 2.47. The van der Waals surface area contributed by atoms with E-state index in [1.54, 1.807) is 6.07 Å². The summed E-state index contributed by atoms with van der Waals surface area (Å²) >= 11 is 0.221. The zero-order chi connectivity index (χ0) is 9.42. The van der Waals surface area contributed by atoms with Crippen molar-refractivity contribution in [2.45, 2.75) is 10.8 Å². The molecule has 1 aromatic rings. The van der Waals surface area contributed by atoms with Crippen LogP contribution >= 0.6 is 0 Å². The summed E-state index contributed by atoms with van der Waals surface area (Å²) in [6.07, 6.45) is 0. The Morgan fingerprint density at radius 2 is 2.31 bits per heavy atom. The van der Waals surface area contributed by atoms with Crippen molar-refractivity contribution in [1.29, 1.82) is 0 Å². The number of rotatable bonds is 2. The standard InChI is InChI=1S/C10H9FIO/c1-6(13)8-3-2-7(11)4-9(8)10-5-12-10/h2-4,10H,5H2,1H3/q-1. The number of carbonyl (C=O) groups excluding carboxylic acids is 1. The van der Waals surface area contributed by atoms with Gasteiger partial charge in [-0.2, -0.15) is 0 Å². The Morgan fingerprint density at radius 1 is 1.62 bits per heavy atom. The van der Waals surface area contributed by atoms with Gasteiger partial charge in [-0.3, -0.25) is 0 Å². The van der Waals surface area contributed by atoms with Crippen molar-refractivity contribution < 1.29 is 30.4 Å². The van der Waals surface area contributed by atoms with Gasteiger partial charge in [-0.15, -0.1) is 0 Å². The van der Waals surface area contributed by atoms with Crippen molar-refractivity contribution in [3.05, 3.63) is 35.1 Å². The van der Waals surface area contributed by atoms with E-state index in [4.69, 9.17) is 0 Å². The molecule has 0 bridgehead atoms. The summed E-state index contributed by atoms with van der Waals surface area (Å²) in [5.74, 6) is -0.179. The normalized spacial score (nSPS) is 20.6. The van der Waals surface area contributed by atoms with Gasteiger partial charge in [0.25, 0.3) is 0 Å². The number of carbonyl (C=O) groups is 1. The maximum absolute atomic E-state index is 12.9. The topological polar surface area (TPSA) is 17.1 Å². The predicted molar refractivity (Wildman–Crippen MR) is 44.0 cm³/mol. The Bertz CT molecular complexity index is 358. The molecule has 1 atom stereocenters. The van der Waals surface area contributed by atoms with E-state index in [0.29, 0.717) is 9.49 Å². The Kier molecular flexibility index (Phi) is 2.36. The summed E-state index contributed by atoms with van der Waals surface area (Å²) in [5, 5.41) is 0. The van der Waals surface area contributed by atoms with Crippen LogP contribution in [0.25, 0.3) is 0 Å². The van der Waals surface area contributed by atoms with E-state index >= 15 is 0 Å². The molecule has 70 valence electrons. The number of benzene rings is 1. The van der Waals surface area contributed by atoms with Gasteiger partial charge in [-0.05, 0) is 0 Å². The van der Waals surface area contributed by atoms with Gasteiger partial charge in [0.2, 0.25) is 0 Å². The third-order valence-electron chi connectivity index (χ3n) is 2.04. The fourth-order valence-electron chi connectivity index (χ4n) is 1.32. The first-order valence-corrected chi connectivity index (χ1v) is 6.83. The minimum atomic E-state index is -0.226. The molecule has 2 rings (SSSR count). The minimum absolute atomic E-state index is 0.0471. The van der Waals surface area contributed by atoms with E-state index in [1.165, 1.54) is 23.5 Å². The second kappa shape index (κ2) is 3.36. The molecule has 0 saturated carbocycles. The van der Waals surface area contributed by atoms with Crippen molar-refractivity contribution >= 4 is 5.78 Å². The number of ketones is 1. The second-order valence-electron chi connectivity index (χ2n) is 3.06. The van der Waals surface area contributed by atoms with Crippen LogP contribution in [0.5, 0.6) is 0 Å². The van der Waals surface area contributed by atoms with E-state index in [1.807, 2.05) is 0 Å². The zero-order valence-electron chi connectivity index (χ0n) is 7.18. The molecular weight excluding hydrogens is 282 g/mol. The number of hydrogen-bond acceptors (Lipinski definition) is 1. The Hall–Kier alpha value is -0.450. The third-order valence-corrected chi connectivity index (χ3v) is 4.47. The van der Waals surface area contributed by atoms with Crippen molar-refractivity contribution in [2.75, 3.05) is 4.43 Å². The zero-order valence-corrected chi connectivity index (χ0v) is 9.34. The van der Waals surface area contributed by atoms with Gasteiger partial charge in [0.1, 0.15) is 0 Å². The van der Waals surface area contributed by atoms with Crippen LogP contribution in [-0.4, -0.2) is 10.2 Å². The summed E-state index contributed by atoms with van der Waals surface area (Å²) in [6, 6.07) is 4.49. The van der Waals surface area contributed by atoms with Crippen molar-refractivity contribution in [1.82, 2.24) is 0 Å². The molecule has 0 N–H and O–H groups in total. The maximum atomic E-state index is 12.9. The first kappa shape index (κ1) is 9.12. The molecule has 0 aliphatic carbocycles. The molecule has 1 fully saturated rings. The summed E-state index contributed by atoms with van der Waals surface area (Å²) in [6.45, 7) is 1.54. The summed E-state index contributed by atoms with van der Waals surface area (Å²) in [4.78, 5) is 11.2. The number of alkyl halides is 2. The predicted octanol–water partition coefficient (Wildman–Crippen LogP) is -0.828. The molecule has 1 aliphatic rings. The van der Waals surface area contributed by atoms with Crippen LogP contribution in [0, 0.1) is 5.82 Å². The van der Waals surface area contributed by atoms with Gasteiger partial charge in [0, 0.05) is 0 Å². The molecule has 1 heterocycles. The Labute approximate surface area is 86.6 Å². The first-order valence-electron chi connectivity index (χ1n) is 4.06. The molecule has 0 aromatic heterocycles. The molecule has 0 amide bonds. The van der Waals surface area contributed by atoms with E-state index in [-0.39, 0.29) is 32.8 Å². The molecule has 13 heavy (non-hydrogen) atoms. The molecule has 1 saturated heterocycles. The average molecular weight is 291 g/mol. The van der Waals surface area contributed by atoms with Gasteiger partial charge >= 0.3 is 86.6 Å². The number of hydrogen-bond donors (Lipinski definition) is 0. The van der Waals surface area contributed by atoms with Crippen LogP contribution in [0.3, 0.4) is 0 Å². The van der Waals surface area contributed by atoms with Crippen molar-refractivity contribution in [2.24, 2.45) is 0 Å². The van der Waals surface area contributed by atoms with E-state index in [0.717, 1.165) is 5.56 Å². The van der Waals surface area contributed by atoms with E-state index in [2.05, 4.69) is 0 Å². The summed E-state index contributed by atoms with van der Waals surface area (Å²) in [5.41, 5.74) is 1.66. The molecule has 1 nitrogen and oxygen atoms in total. The quantitative estimate of drug-likeness (QED) is 0.395. The fraction of sp³-hybridized carbons (Fsp3) is 0.300. The van der Waals surface area contributed by atoms with E-state index < -0.39 is 0 Å². The van der Waals surface area contributed by atoms with Gasteiger partial charge in [0.05, 0.1) is 0 Å². The molecule has 1 aromatic carbocycles. The molecule has 0 spiro atoms. The van der Waals surface area contributed by atoms with Crippen LogP contribution in [0.4, 0.5) is 4.39 Å². The van der Waals surface area contributed by atoms with E-state index in [9.17, 15) is 9.18 Å². The molecule has 1 unspecified atom stereocenters. The van der Waals surface area contributed by atoms with Crippen molar-refractivity contribution in [3.63, 3.8) is 0 Å². The average Bonchev–Trinajstić information content (AvgIpc) is 2.85. The van der Waals surface area contributed by atoms with Gasteiger partial charge < -0.3 is 0 Å². The van der Waals surface area contributed by atoms with Crippen LogP contribution in [0.15, 0.2) is 18.2 Å². The SMILES string of the molecule is CC(=O)c1ccc(F)cc1C1C[I-]1. The molecule has 0 radical (unpaired) electrons. The van der Waals surface area contributed by atoms with Crippen molar-refractivity contribution in [3.8, 4) is 0 Å². The van der Waals surface area contributed by atoms with Gasteiger partial charge in [-0.25, -0.2) is 0 Å². The van der Waals surface area contributed by atoms with Crippen LogP contribution in [-0.2, 0) is 0 Å². The summed E-state index contributed by atoms with van der Waals surface area (Å²) in [7, 11) is 0. The van der Waals surface area contributed by atoms with Gasteiger partial charge in [-0.1, -0.05) is 0 Å². The second-order valence-corrected chi connectivity index (χ2v) is 6.33. The Morgan fingerprint density at radius 3 is 2.85 bits per heavy atom. The summed E-state index contributed by atoms with van der Waals surface area (Å²) < 4.78 is 14.6. The number of Topliss-reactive ketones (excluding diaryl/α,β-unsaturated/α-hetero) is 1. The first-order chi connectivity index (χ1) is 6.18. The monoisotopic (exact) mass is 291 g/mol. The van der Waals surface area contributed by atoms with Gasteiger partial charge in [0.15, 0.2) is 0 Å². The van der Waals surface area contributed by atoms with Crippen LogP contribution < -0.4 is 21.2 Å². The third kappa shape index (κ3) is 1.90. The molecule has 3 heteroatoms. The van der Waals surface area contributed by atoms with Crippen LogP contribution in [0.1, 0.15) is 26.8 Å². The molecule has 1 aliphatic heterocycles. The number of halogens is 2. The van der Waals surface area contributed by atoms with Crippen LogP contribution in [0.2, 0.25) is 0 Å². The fourth-order valence-corrected chi connectivity index (χ4v) is 3.04.